The molecule has 5 fully saturated rings. The van der Waals surface area contributed by atoms with E-state index in [4.69, 9.17) is 11.6 Å². The SMILES string of the molecule is O=C(NC1CCN(C(=O)CC23CC4CC(CC(C4)C2)C3)CC1)c1cccc(Cl)c1. The highest BCUT2D eigenvalue weighted by Crippen LogP contribution is 2.61. The Morgan fingerprint density at radius 3 is 2.24 bits per heavy atom. The average Bonchev–Trinajstić information content (AvgIpc) is 2.67. The lowest BCUT2D eigenvalue weighted by Gasteiger charge is -2.57. The normalized spacial score (nSPS) is 33.7. The molecule has 1 N–H and O–H groups in total. The van der Waals surface area contributed by atoms with Gasteiger partial charge in [0.1, 0.15) is 0 Å². The Balaban J connectivity index is 1.13. The van der Waals surface area contributed by atoms with E-state index in [0.717, 1.165) is 50.1 Å². The molecule has 1 heterocycles. The van der Waals surface area contributed by atoms with Crippen LogP contribution >= 0.6 is 11.6 Å². The highest BCUT2D eigenvalue weighted by molar-refractivity contribution is 6.30. The summed E-state index contributed by atoms with van der Waals surface area (Å²) < 4.78 is 0. The van der Waals surface area contributed by atoms with Crippen LogP contribution in [0.25, 0.3) is 0 Å². The molecular formula is C24H31ClN2O2. The predicted octanol–water partition coefficient (Wildman–Crippen LogP) is 4.67. The lowest BCUT2D eigenvalue weighted by atomic mass is 9.49. The van der Waals surface area contributed by atoms with Gasteiger partial charge in [0.15, 0.2) is 0 Å². The van der Waals surface area contributed by atoms with E-state index >= 15 is 0 Å². The molecule has 4 nitrogen and oxygen atoms in total. The zero-order valence-corrected chi connectivity index (χ0v) is 17.8. The van der Waals surface area contributed by atoms with E-state index in [1.807, 2.05) is 0 Å². The first-order valence-electron chi connectivity index (χ1n) is 11.3. The number of hydrogen-bond acceptors (Lipinski definition) is 2. The second kappa shape index (κ2) is 7.61. The van der Waals surface area contributed by atoms with Crippen LogP contribution in [0, 0.1) is 23.2 Å². The van der Waals surface area contributed by atoms with E-state index < -0.39 is 0 Å². The van der Waals surface area contributed by atoms with Crippen LogP contribution in [0.4, 0.5) is 0 Å². The Labute approximate surface area is 178 Å². The molecule has 29 heavy (non-hydrogen) atoms. The third-order valence-corrected chi connectivity index (χ3v) is 8.20. The van der Waals surface area contributed by atoms with Crippen LogP contribution in [-0.4, -0.2) is 35.8 Å². The van der Waals surface area contributed by atoms with E-state index in [1.165, 1.54) is 38.5 Å². The average molecular weight is 415 g/mol. The van der Waals surface area contributed by atoms with Gasteiger partial charge in [0.2, 0.25) is 5.91 Å². The van der Waals surface area contributed by atoms with Crippen LogP contribution in [-0.2, 0) is 4.79 Å². The molecule has 2 amide bonds. The summed E-state index contributed by atoms with van der Waals surface area (Å²) in [4.78, 5) is 27.6. The quantitative estimate of drug-likeness (QED) is 0.778. The van der Waals surface area contributed by atoms with Gasteiger partial charge >= 0.3 is 0 Å². The van der Waals surface area contributed by atoms with Gasteiger partial charge in [-0.1, -0.05) is 17.7 Å². The zero-order valence-electron chi connectivity index (χ0n) is 17.0. The first-order chi connectivity index (χ1) is 14.0. The summed E-state index contributed by atoms with van der Waals surface area (Å²) in [6.07, 6.45) is 10.6. The number of hydrogen-bond donors (Lipinski definition) is 1. The van der Waals surface area contributed by atoms with E-state index in [-0.39, 0.29) is 11.9 Å². The summed E-state index contributed by atoms with van der Waals surface area (Å²) >= 11 is 5.99. The summed E-state index contributed by atoms with van der Waals surface area (Å²) in [5.74, 6) is 2.95. The number of nitrogens with zero attached hydrogens (tertiary/aromatic N) is 1. The number of carbonyl (C=O) groups is 2. The van der Waals surface area contributed by atoms with Gasteiger partial charge in [-0.2, -0.15) is 0 Å². The van der Waals surface area contributed by atoms with E-state index in [9.17, 15) is 9.59 Å². The second-order valence-electron chi connectivity index (χ2n) is 10.2. The van der Waals surface area contributed by atoms with Crippen LogP contribution in [0.5, 0.6) is 0 Å². The molecule has 0 radical (unpaired) electrons. The van der Waals surface area contributed by atoms with Crippen LogP contribution in [0.15, 0.2) is 24.3 Å². The topological polar surface area (TPSA) is 49.4 Å². The number of benzene rings is 1. The van der Waals surface area contributed by atoms with Gasteiger partial charge in [-0.3, -0.25) is 9.59 Å². The maximum atomic E-state index is 13.1. The van der Waals surface area contributed by atoms with Crippen molar-refractivity contribution in [1.82, 2.24) is 10.2 Å². The van der Waals surface area contributed by atoms with Gasteiger partial charge in [0.05, 0.1) is 0 Å². The van der Waals surface area contributed by atoms with Crippen molar-refractivity contribution in [2.24, 2.45) is 23.2 Å². The molecule has 0 atom stereocenters. The maximum Gasteiger partial charge on any atom is 0.251 e. The number of likely N-dealkylation sites (tertiary alicyclic amines) is 1. The van der Waals surface area contributed by atoms with Crippen molar-refractivity contribution in [1.29, 1.82) is 0 Å². The predicted molar refractivity (Wildman–Crippen MR) is 114 cm³/mol. The molecule has 4 bridgehead atoms. The molecule has 0 spiro atoms. The fourth-order valence-electron chi connectivity index (χ4n) is 7.11. The summed E-state index contributed by atoms with van der Waals surface area (Å²) in [7, 11) is 0. The van der Waals surface area contributed by atoms with Crippen molar-refractivity contribution in [3.05, 3.63) is 34.9 Å². The van der Waals surface area contributed by atoms with E-state index in [1.54, 1.807) is 24.3 Å². The van der Waals surface area contributed by atoms with Crippen molar-refractivity contribution >= 4 is 23.4 Å². The van der Waals surface area contributed by atoms with Gasteiger partial charge < -0.3 is 10.2 Å². The van der Waals surface area contributed by atoms with Crippen LogP contribution in [0.2, 0.25) is 5.02 Å². The summed E-state index contributed by atoms with van der Waals surface area (Å²) in [6, 6.07) is 7.17. The van der Waals surface area contributed by atoms with Crippen LogP contribution in [0.3, 0.4) is 0 Å². The highest BCUT2D eigenvalue weighted by Gasteiger charge is 2.51. The molecule has 1 aromatic carbocycles. The van der Waals surface area contributed by atoms with Crippen molar-refractivity contribution < 1.29 is 9.59 Å². The lowest BCUT2D eigenvalue weighted by Crippen LogP contribution is -2.50. The van der Waals surface area contributed by atoms with Gasteiger partial charge in [-0.05, 0) is 92.7 Å². The Morgan fingerprint density at radius 1 is 1.03 bits per heavy atom. The lowest BCUT2D eigenvalue weighted by molar-refractivity contribution is -0.140. The fraction of sp³-hybridized carbons (Fsp3) is 0.667. The molecule has 5 heteroatoms. The Hall–Kier alpha value is -1.55. The third kappa shape index (κ3) is 4.05. The monoisotopic (exact) mass is 414 g/mol. The van der Waals surface area contributed by atoms with Gasteiger partial charge in [0.25, 0.3) is 5.91 Å². The molecule has 0 aromatic heterocycles. The minimum atomic E-state index is -0.0779. The second-order valence-corrected chi connectivity index (χ2v) is 10.7. The van der Waals surface area contributed by atoms with Gasteiger partial charge in [-0.25, -0.2) is 0 Å². The molecule has 4 aliphatic carbocycles. The standard InChI is InChI=1S/C24H31ClN2O2/c25-20-3-1-2-19(11-20)23(29)26-21-4-6-27(7-5-21)22(28)15-24-12-16-8-17(13-24)10-18(9-16)14-24/h1-3,11,16-18,21H,4-10,12-15H2,(H,26,29). The number of amides is 2. The molecule has 1 aromatic rings. The summed E-state index contributed by atoms with van der Waals surface area (Å²) in [5, 5.41) is 3.68. The highest BCUT2D eigenvalue weighted by atomic mass is 35.5. The zero-order chi connectivity index (χ0) is 20.0. The first-order valence-corrected chi connectivity index (χ1v) is 11.7. The van der Waals surface area contributed by atoms with Crippen molar-refractivity contribution in [2.45, 2.75) is 63.8 Å². The van der Waals surface area contributed by atoms with Crippen molar-refractivity contribution in [3.8, 4) is 0 Å². The molecule has 0 unspecified atom stereocenters. The molecule has 1 aliphatic heterocycles. The van der Waals surface area contributed by atoms with Crippen LogP contribution in [0.1, 0.15) is 68.1 Å². The van der Waals surface area contributed by atoms with Crippen molar-refractivity contribution in [3.63, 3.8) is 0 Å². The Morgan fingerprint density at radius 2 is 1.66 bits per heavy atom. The molecule has 156 valence electrons. The Bertz CT molecular complexity index is 765. The summed E-state index contributed by atoms with van der Waals surface area (Å²) in [5.41, 5.74) is 0.904. The number of halogens is 1. The molecule has 4 saturated carbocycles. The Kier molecular flexibility index (Phi) is 5.09. The minimum absolute atomic E-state index is 0.0779. The van der Waals surface area contributed by atoms with Crippen molar-refractivity contribution in [2.75, 3.05) is 13.1 Å². The number of carbonyl (C=O) groups excluding carboxylic acids is 2. The summed E-state index contributed by atoms with van der Waals surface area (Å²) in [6.45, 7) is 1.51. The largest absolute Gasteiger partial charge is 0.349 e. The molecule has 1 saturated heterocycles. The minimum Gasteiger partial charge on any atom is -0.349 e. The third-order valence-electron chi connectivity index (χ3n) is 7.96. The fourth-order valence-corrected chi connectivity index (χ4v) is 7.30. The first kappa shape index (κ1) is 19.4. The number of piperidine rings is 1. The van der Waals surface area contributed by atoms with Crippen LogP contribution < -0.4 is 5.32 Å². The number of rotatable bonds is 4. The molecule has 6 rings (SSSR count). The van der Waals surface area contributed by atoms with E-state index in [2.05, 4.69) is 10.2 Å². The smallest absolute Gasteiger partial charge is 0.251 e. The molecule has 5 aliphatic rings. The maximum absolute atomic E-state index is 13.1. The van der Waals surface area contributed by atoms with E-state index in [0.29, 0.717) is 21.9 Å². The van der Waals surface area contributed by atoms with Gasteiger partial charge in [-0.15, -0.1) is 0 Å². The number of nitrogens with one attached hydrogen (secondary N) is 1. The van der Waals surface area contributed by atoms with Gasteiger partial charge in [0, 0.05) is 36.1 Å². The molecular weight excluding hydrogens is 384 g/mol.